The van der Waals surface area contributed by atoms with Gasteiger partial charge < -0.3 is 5.73 Å². The first-order valence-electron chi connectivity index (χ1n) is 7.80. The summed E-state index contributed by atoms with van der Waals surface area (Å²) in [5.74, 6) is -1.39. The highest BCUT2D eigenvalue weighted by molar-refractivity contribution is 5.84. The van der Waals surface area contributed by atoms with Gasteiger partial charge in [0, 0.05) is 22.8 Å². The summed E-state index contributed by atoms with van der Waals surface area (Å²) in [5, 5.41) is 9.52. The van der Waals surface area contributed by atoms with Gasteiger partial charge in [0.15, 0.2) is 0 Å². The zero-order chi connectivity index (χ0) is 18.0. The second kappa shape index (κ2) is 6.70. The molecule has 0 unspecified atom stereocenters. The Bertz CT molecular complexity index is 976. The van der Waals surface area contributed by atoms with E-state index in [1.807, 2.05) is 43.3 Å². The van der Waals surface area contributed by atoms with Crippen LogP contribution in [0.5, 0.6) is 0 Å². The van der Waals surface area contributed by atoms with Crippen molar-refractivity contribution in [2.24, 2.45) is 0 Å². The molecule has 0 amide bonds. The van der Waals surface area contributed by atoms with Crippen LogP contribution in [0.15, 0.2) is 48.5 Å². The van der Waals surface area contributed by atoms with E-state index in [1.165, 1.54) is 6.07 Å². The summed E-state index contributed by atoms with van der Waals surface area (Å²) in [4.78, 5) is 4.38. The molecule has 0 aliphatic rings. The molecule has 0 atom stereocenters. The van der Waals surface area contributed by atoms with E-state index >= 15 is 0 Å². The van der Waals surface area contributed by atoms with Crippen LogP contribution in [0.2, 0.25) is 0 Å². The van der Waals surface area contributed by atoms with E-state index in [2.05, 4.69) is 4.98 Å². The number of hydrogen-bond acceptors (Lipinski definition) is 3. The largest absolute Gasteiger partial charge is 0.383 e. The maximum Gasteiger partial charge on any atom is 0.142 e. The molecule has 3 aromatic rings. The second-order valence-electron chi connectivity index (χ2n) is 5.53. The van der Waals surface area contributed by atoms with Crippen LogP contribution >= 0.6 is 0 Å². The quantitative estimate of drug-likeness (QED) is 0.754. The zero-order valence-corrected chi connectivity index (χ0v) is 13.6. The smallest absolute Gasteiger partial charge is 0.142 e. The number of pyridine rings is 1. The predicted molar refractivity (Wildman–Crippen MR) is 93.5 cm³/mol. The number of rotatable bonds is 3. The molecule has 0 bridgehead atoms. The number of nitrogen functional groups attached to an aromatic ring is 1. The highest BCUT2D eigenvalue weighted by Crippen LogP contribution is 2.37. The lowest BCUT2D eigenvalue weighted by Crippen LogP contribution is -2.06. The van der Waals surface area contributed by atoms with Crippen molar-refractivity contribution in [3.63, 3.8) is 0 Å². The number of nitriles is 1. The van der Waals surface area contributed by atoms with Gasteiger partial charge in [-0.05, 0) is 24.1 Å². The van der Waals surface area contributed by atoms with Gasteiger partial charge in [-0.1, -0.05) is 37.3 Å². The van der Waals surface area contributed by atoms with Crippen LogP contribution in [0.3, 0.4) is 0 Å². The molecule has 2 N–H and O–H groups in total. The minimum absolute atomic E-state index is 0.0253. The Labute approximate surface area is 144 Å². The number of nitrogens with zero attached hydrogens (tertiary/aromatic N) is 2. The van der Waals surface area contributed by atoms with Gasteiger partial charge in [0.25, 0.3) is 0 Å². The van der Waals surface area contributed by atoms with Gasteiger partial charge in [0.05, 0.1) is 5.69 Å². The third-order valence-corrected chi connectivity index (χ3v) is 4.04. The molecule has 124 valence electrons. The fraction of sp³-hybridized carbons (Fsp3) is 0.100. The SMILES string of the molecule is CCc1c(-c2ccccc2)nc(N)c(C#N)c1-c1ccc(F)cc1F. The van der Waals surface area contributed by atoms with E-state index < -0.39 is 11.6 Å². The van der Waals surface area contributed by atoms with E-state index in [-0.39, 0.29) is 16.9 Å². The van der Waals surface area contributed by atoms with Gasteiger partial charge in [0.1, 0.15) is 29.1 Å². The van der Waals surface area contributed by atoms with Crippen molar-refractivity contribution < 1.29 is 8.78 Å². The lowest BCUT2D eigenvalue weighted by Gasteiger charge is -2.17. The first kappa shape index (κ1) is 16.6. The van der Waals surface area contributed by atoms with Gasteiger partial charge in [-0.2, -0.15) is 5.26 Å². The van der Waals surface area contributed by atoms with Crippen molar-refractivity contribution in [3.8, 4) is 28.5 Å². The van der Waals surface area contributed by atoms with E-state index in [1.54, 1.807) is 0 Å². The fourth-order valence-corrected chi connectivity index (χ4v) is 2.92. The molecule has 5 heteroatoms. The molecule has 0 radical (unpaired) electrons. The van der Waals surface area contributed by atoms with Crippen LogP contribution in [-0.2, 0) is 6.42 Å². The first-order valence-corrected chi connectivity index (χ1v) is 7.80. The number of hydrogen-bond donors (Lipinski definition) is 1. The Morgan fingerprint density at radius 3 is 2.44 bits per heavy atom. The monoisotopic (exact) mass is 335 g/mol. The minimum Gasteiger partial charge on any atom is -0.383 e. The Kier molecular flexibility index (Phi) is 4.44. The lowest BCUT2D eigenvalue weighted by atomic mass is 9.90. The zero-order valence-electron chi connectivity index (χ0n) is 13.6. The Hall–Kier alpha value is -3.26. The molecule has 0 spiro atoms. The molecule has 0 aliphatic carbocycles. The maximum atomic E-state index is 14.4. The molecule has 3 rings (SSSR count). The molecule has 0 fully saturated rings. The number of aromatic nitrogens is 1. The van der Waals surface area contributed by atoms with Crippen LogP contribution < -0.4 is 5.73 Å². The van der Waals surface area contributed by atoms with E-state index in [4.69, 9.17) is 5.73 Å². The molecular formula is C20H15F2N3. The van der Waals surface area contributed by atoms with E-state index in [9.17, 15) is 14.0 Å². The van der Waals surface area contributed by atoms with Crippen LogP contribution in [-0.4, -0.2) is 4.98 Å². The maximum absolute atomic E-state index is 14.4. The molecule has 2 aromatic carbocycles. The summed E-state index contributed by atoms with van der Waals surface area (Å²) in [6.45, 7) is 1.89. The van der Waals surface area contributed by atoms with Crippen LogP contribution in [0.1, 0.15) is 18.1 Å². The van der Waals surface area contributed by atoms with Crippen LogP contribution in [0.25, 0.3) is 22.4 Å². The highest BCUT2D eigenvalue weighted by atomic mass is 19.1. The molecule has 0 saturated carbocycles. The molecule has 3 nitrogen and oxygen atoms in total. The first-order chi connectivity index (χ1) is 12.1. The predicted octanol–water partition coefficient (Wildman–Crippen LogP) is 4.71. The topological polar surface area (TPSA) is 62.7 Å². The normalized spacial score (nSPS) is 10.5. The van der Waals surface area contributed by atoms with Crippen LogP contribution in [0.4, 0.5) is 14.6 Å². The summed E-state index contributed by atoms with van der Waals surface area (Å²) in [6.07, 6.45) is 0.512. The molecule has 0 aliphatic heterocycles. The second-order valence-corrected chi connectivity index (χ2v) is 5.53. The van der Waals surface area contributed by atoms with Crippen LogP contribution in [0, 0.1) is 23.0 Å². The number of nitrogens with two attached hydrogens (primary N) is 1. The third-order valence-electron chi connectivity index (χ3n) is 4.04. The number of benzene rings is 2. The highest BCUT2D eigenvalue weighted by Gasteiger charge is 2.22. The van der Waals surface area contributed by atoms with Gasteiger partial charge in [-0.3, -0.25) is 0 Å². The van der Waals surface area contributed by atoms with E-state index in [0.717, 1.165) is 17.7 Å². The molecule has 1 aromatic heterocycles. The standard InChI is InChI=1S/C20H15F2N3/c1-2-14-18(15-9-8-13(21)10-17(15)22)16(11-23)20(24)25-19(14)12-6-4-3-5-7-12/h3-10H,2H2,1H3,(H2,24,25). The Balaban J connectivity index is 2.40. The van der Waals surface area contributed by atoms with Crippen molar-refractivity contribution in [2.75, 3.05) is 5.73 Å². The Morgan fingerprint density at radius 1 is 1.12 bits per heavy atom. The van der Waals surface area contributed by atoms with Crippen molar-refractivity contribution in [2.45, 2.75) is 13.3 Å². The number of halogens is 2. The third kappa shape index (κ3) is 2.94. The van der Waals surface area contributed by atoms with Crippen molar-refractivity contribution in [1.29, 1.82) is 5.26 Å². The average molecular weight is 335 g/mol. The summed E-state index contributed by atoms with van der Waals surface area (Å²) in [7, 11) is 0. The molecule has 25 heavy (non-hydrogen) atoms. The summed E-state index contributed by atoms with van der Waals surface area (Å²) >= 11 is 0. The van der Waals surface area contributed by atoms with Gasteiger partial charge in [0.2, 0.25) is 0 Å². The van der Waals surface area contributed by atoms with Gasteiger partial charge in [-0.25, -0.2) is 13.8 Å². The van der Waals surface area contributed by atoms with E-state index in [0.29, 0.717) is 23.2 Å². The molecular weight excluding hydrogens is 320 g/mol. The molecule has 1 heterocycles. The summed E-state index contributed by atoms with van der Waals surface area (Å²) in [5.41, 5.74) is 8.70. The van der Waals surface area contributed by atoms with Gasteiger partial charge in [-0.15, -0.1) is 0 Å². The average Bonchev–Trinajstić information content (AvgIpc) is 2.62. The summed E-state index contributed by atoms with van der Waals surface area (Å²) in [6, 6.07) is 14.7. The Morgan fingerprint density at radius 2 is 1.84 bits per heavy atom. The van der Waals surface area contributed by atoms with Crippen molar-refractivity contribution in [3.05, 3.63) is 71.3 Å². The summed E-state index contributed by atoms with van der Waals surface area (Å²) < 4.78 is 27.7. The molecule has 0 saturated heterocycles. The number of anilines is 1. The van der Waals surface area contributed by atoms with Crippen molar-refractivity contribution >= 4 is 5.82 Å². The van der Waals surface area contributed by atoms with Crippen molar-refractivity contribution in [1.82, 2.24) is 4.98 Å². The van der Waals surface area contributed by atoms with Gasteiger partial charge >= 0.3 is 0 Å². The lowest BCUT2D eigenvalue weighted by molar-refractivity contribution is 0.585. The minimum atomic E-state index is -0.740. The fourth-order valence-electron chi connectivity index (χ4n) is 2.92.